The van der Waals surface area contributed by atoms with Crippen LogP contribution in [0.1, 0.15) is 19.4 Å². The zero-order valence-corrected chi connectivity index (χ0v) is 10.3. The molecular formula is C9H10BrI. The largest absolute Gasteiger partial charge is 0.0743 e. The van der Waals surface area contributed by atoms with E-state index in [9.17, 15) is 0 Å². The van der Waals surface area contributed by atoms with Crippen molar-refractivity contribution in [1.82, 2.24) is 0 Å². The fourth-order valence-corrected chi connectivity index (χ4v) is 1.47. The van der Waals surface area contributed by atoms with Crippen LogP contribution in [0, 0.1) is 0 Å². The van der Waals surface area contributed by atoms with Gasteiger partial charge in [0.1, 0.15) is 0 Å². The van der Waals surface area contributed by atoms with Crippen molar-refractivity contribution in [3.63, 3.8) is 0 Å². The van der Waals surface area contributed by atoms with Gasteiger partial charge >= 0.3 is 0 Å². The van der Waals surface area contributed by atoms with Crippen LogP contribution in [-0.4, -0.2) is 0 Å². The minimum atomic E-state index is 0.235. The Morgan fingerprint density at radius 2 is 1.64 bits per heavy atom. The van der Waals surface area contributed by atoms with Gasteiger partial charge in [0.15, 0.2) is 0 Å². The van der Waals surface area contributed by atoms with E-state index in [1.165, 1.54) is 5.56 Å². The summed E-state index contributed by atoms with van der Waals surface area (Å²) in [4.78, 5) is 0. The summed E-state index contributed by atoms with van der Waals surface area (Å²) >= 11 is 5.85. The van der Waals surface area contributed by atoms with Crippen LogP contribution in [0.2, 0.25) is 0 Å². The molecular weight excluding hydrogens is 315 g/mol. The Hall–Kier alpha value is 0.430. The minimum absolute atomic E-state index is 0.235. The van der Waals surface area contributed by atoms with E-state index in [2.05, 4.69) is 76.6 Å². The van der Waals surface area contributed by atoms with E-state index in [0.717, 1.165) is 4.47 Å². The highest BCUT2D eigenvalue weighted by Gasteiger charge is 2.14. The second kappa shape index (κ2) is 3.44. The van der Waals surface area contributed by atoms with Gasteiger partial charge in [0.2, 0.25) is 0 Å². The highest BCUT2D eigenvalue weighted by molar-refractivity contribution is 14.1. The van der Waals surface area contributed by atoms with Gasteiger partial charge in [-0.1, -0.05) is 50.7 Å². The highest BCUT2D eigenvalue weighted by atomic mass is 127. The second-order valence-corrected chi connectivity index (χ2v) is 6.59. The molecule has 1 rings (SSSR count). The van der Waals surface area contributed by atoms with Crippen molar-refractivity contribution in [2.24, 2.45) is 0 Å². The smallest absolute Gasteiger partial charge is 0.0414 e. The van der Waals surface area contributed by atoms with Gasteiger partial charge in [0.25, 0.3) is 0 Å². The van der Waals surface area contributed by atoms with E-state index in [0.29, 0.717) is 0 Å². The Balaban J connectivity index is 2.99. The topological polar surface area (TPSA) is 0 Å². The molecule has 0 aromatic heterocycles. The van der Waals surface area contributed by atoms with Crippen LogP contribution in [0.15, 0.2) is 28.7 Å². The molecule has 0 saturated heterocycles. The maximum Gasteiger partial charge on any atom is 0.0414 e. The molecule has 0 unspecified atom stereocenters. The molecule has 2 heteroatoms. The summed E-state index contributed by atoms with van der Waals surface area (Å²) in [5.74, 6) is 0. The lowest BCUT2D eigenvalue weighted by Gasteiger charge is -2.16. The summed E-state index contributed by atoms with van der Waals surface area (Å²) < 4.78 is 1.38. The number of benzene rings is 1. The monoisotopic (exact) mass is 324 g/mol. The first-order chi connectivity index (χ1) is 5.00. The molecule has 0 N–H and O–H groups in total. The molecule has 1 aromatic carbocycles. The van der Waals surface area contributed by atoms with E-state index in [-0.39, 0.29) is 3.42 Å². The van der Waals surface area contributed by atoms with Crippen LogP contribution >= 0.6 is 38.5 Å². The number of rotatable bonds is 1. The third kappa shape index (κ3) is 2.75. The highest BCUT2D eigenvalue weighted by Crippen LogP contribution is 2.30. The average molecular weight is 325 g/mol. The molecule has 0 radical (unpaired) electrons. The van der Waals surface area contributed by atoms with Crippen LogP contribution in [-0.2, 0) is 3.42 Å². The number of alkyl halides is 1. The first kappa shape index (κ1) is 9.52. The molecule has 0 heterocycles. The maximum absolute atomic E-state index is 3.41. The summed E-state index contributed by atoms with van der Waals surface area (Å²) in [6, 6.07) is 8.46. The lowest BCUT2D eigenvalue weighted by Crippen LogP contribution is -2.05. The molecule has 1 aromatic rings. The Labute approximate surface area is 89.7 Å². The van der Waals surface area contributed by atoms with Crippen molar-refractivity contribution in [3.8, 4) is 0 Å². The van der Waals surface area contributed by atoms with Crippen molar-refractivity contribution >= 4 is 38.5 Å². The van der Waals surface area contributed by atoms with Crippen LogP contribution in [0.25, 0.3) is 0 Å². The first-order valence-corrected chi connectivity index (χ1v) is 5.32. The van der Waals surface area contributed by atoms with Crippen molar-refractivity contribution in [2.45, 2.75) is 17.3 Å². The van der Waals surface area contributed by atoms with Crippen LogP contribution in [0.4, 0.5) is 0 Å². The van der Waals surface area contributed by atoms with Crippen LogP contribution in [0.5, 0.6) is 0 Å². The SMILES string of the molecule is CC(C)(I)c1ccc(Br)cc1. The summed E-state index contributed by atoms with van der Waals surface area (Å²) in [6.07, 6.45) is 0. The Morgan fingerprint density at radius 3 is 2.00 bits per heavy atom. The van der Waals surface area contributed by atoms with Crippen molar-refractivity contribution < 1.29 is 0 Å². The summed E-state index contributed by atoms with van der Waals surface area (Å²) in [6.45, 7) is 4.41. The van der Waals surface area contributed by atoms with E-state index in [1.54, 1.807) is 0 Å². The predicted octanol–water partition coefficient (Wildman–Crippen LogP) is 4.12. The van der Waals surface area contributed by atoms with Gasteiger partial charge in [-0.3, -0.25) is 0 Å². The van der Waals surface area contributed by atoms with Gasteiger partial charge in [-0.25, -0.2) is 0 Å². The third-order valence-electron chi connectivity index (χ3n) is 1.53. The molecule has 0 saturated carbocycles. The Kier molecular flexibility index (Phi) is 2.97. The quantitative estimate of drug-likeness (QED) is 0.538. The first-order valence-electron chi connectivity index (χ1n) is 3.45. The number of hydrogen-bond acceptors (Lipinski definition) is 0. The summed E-state index contributed by atoms with van der Waals surface area (Å²) in [5, 5.41) is 0. The number of halogens is 2. The van der Waals surface area contributed by atoms with E-state index in [1.807, 2.05) is 0 Å². The third-order valence-corrected chi connectivity index (χ3v) is 2.68. The molecule has 0 atom stereocenters. The Morgan fingerprint density at radius 1 is 1.18 bits per heavy atom. The lowest BCUT2D eigenvalue weighted by atomic mass is 10.0. The zero-order chi connectivity index (χ0) is 8.48. The molecule has 0 amide bonds. The summed E-state index contributed by atoms with van der Waals surface area (Å²) in [5.41, 5.74) is 1.36. The van der Waals surface area contributed by atoms with Crippen molar-refractivity contribution in [3.05, 3.63) is 34.3 Å². The molecule has 0 aliphatic rings. The van der Waals surface area contributed by atoms with Gasteiger partial charge < -0.3 is 0 Å². The molecule has 0 spiro atoms. The normalized spacial score (nSPS) is 11.6. The molecule has 60 valence electrons. The average Bonchev–Trinajstić information content (AvgIpc) is 1.86. The standard InChI is InChI=1S/C9H10BrI/c1-9(2,11)7-3-5-8(10)6-4-7/h3-6H,1-2H3. The van der Waals surface area contributed by atoms with Gasteiger partial charge in [-0.05, 0) is 31.5 Å². The fourth-order valence-electron chi connectivity index (χ4n) is 0.846. The molecule has 11 heavy (non-hydrogen) atoms. The van der Waals surface area contributed by atoms with E-state index >= 15 is 0 Å². The molecule has 0 aliphatic heterocycles. The van der Waals surface area contributed by atoms with Gasteiger partial charge in [0, 0.05) is 7.89 Å². The van der Waals surface area contributed by atoms with E-state index < -0.39 is 0 Å². The van der Waals surface area contributed by atoms with Crippen molar-refractivity contribution in [1.29, 1.82) is 0 Å². The fraction of sp³-hybridized carbons (Fsp3) is 0.333. The molecule has 0 bridgehead atoms. The van der Waals surface area contributed by atoms with Crippen molar-refractivity contribution in [2.75, 3.05) is 0 Å². The molecule has 0 fully saturated rings. The van der Waals surface area contributed by atoms with Crippen LogP contribution < -0.4 is 0 Å². The molecule has 0 nitrogen and oxygen atoms in total. The van der Waals surface area contributed by atoms with Crippen LogP contribution in [0.3, 0.4) is 0 Å². The predicted molar refractivity (Wildman–Crippen MR) is 61.2 cm³/mol. The van der Waals surface area contributed by atoms with E-state index in [4.69, 9.17) is 0 Å². The Bertz CT molecular complexity index is 233. The summed E-state index contributed by atoms with van der Waals surface area (Å²) in [7, 11) is 0. The maximum atomic E-state index is 3.41. The molecule has 0 aliphatic carbocycles. The zero-order valence-electron chi connectivity index (χ0n) is 6.57. The van der Waals surface area contributed by atoms with Gasteiger partial charge in [-0.15, -0.1) is 0 Å². The van der Waals surface area contributed by atoms with Gasteiger partial charge in [-0.2, -0.15) is 0 Å². The minimum Gasteiger partial charge on any atom is -0.0743 e. The lowest BCUT2D eigenvalue weighted by molar-refractivity contribution is 0.826. The second-order valence-electron chi connectivity index (χ2n) is 2.98. The number of hydrogen-bond donors (Lipinski definition) is 0. The van der Waals surface area contributed by atoms with Gasteiger partial charge in [0.05, 0.1) is 0 Å².